The van der Waals surface area contributed by atoms with Gasteiger partial charge in [-0.25, -0.2) is 0 Å². The van der Waals surface area contributed by atoms with Crippen LogP contribution >= 0.6 is 11.3 Å². The zero-order chi connectivity index (χ0) is 20.9. The van der Waals surface area contributed by atoms with Crippen molar-refractivity contribution in [3.05, 3.63) is 65.1 Å². The molecule has 1 fully saturated rings. The highest BCUT2D eigenvalue weighted by Crippen LogP contribution is 2.26. The monoisotopic (exact) mass is 424 g/mol. The average Bonchev–Trinajstić information content (AvgIpc) is 3.46. The van der Waals surface area contributed by atoms with E-state index < -0.39 is 0 Å². The molecule has 0 spiro atoms. The van der Waals surface area contributed by atoms with Crippen molar-refractivity contribution in [1.82, 2.24) is 15.1 Å². The Morgan fingerprint density at radius 2 is 1.93 bits per heavy atom. The molecule has 0 radical (unpaired) electrons. The van der Waals surface area contributed by atoms with Gasteiger partial charge in [0.15, 0.2) is 5.76 Å². The standard InChI is InChI=1S/C22H24N4O3S/c1-15(16-6-3-2-4-7-16)14-19-24-25-22(30-19)23-20(27)17-9-11-26(12-10-17)21(28)18-8-5-13-29-18/h2-8,13,15,17H,9-12,14H2,1H3,(H,23,25,27)/t15-/m1/s1. The van der Waals surface area contributed by atoms with Crippen molar-refractivity contribution < 1.29 is 14.0 Å². The molecule has 0 saturated carbocycles. The molecule has 1 aliphatic rings. The molecule has 0 aliphatic carbocycles. The summed E-state index contributed by atoms with van der Waals surface area (Å²) in [5, 5.41) is 12.7. The summed E-state index contributed by atoms with van der Waals surface area (Å²) >= 11 is 1.42. The third-order valence-electron chi connectivity index (χ3n) is 5.43. The largest absolute Gasteiger partial charge is 0.459 e. The molecule has 1 aromatic carbocycles. The van der Waals surface area contributed by atoms with Crippen LogP contribution in [0, 0.1) is 5.92 Å². The number of aromatic nitrogens is 2. The molecule has 1 saturated heterocycles. The van der Waals surface area contributed by atoms with Gasteiger partial charge in [-0.05, 0) is 36.5 Å². The van der Waals surface area contributed by atoms with Gasteiger partial charge < -0.3 is 14.6 Å². The fourth-order valence-corrected chi connectivity index (χ4v) is 4.53. The van der Waals surface area contributed by atoms with Crippen molar-refractivity contribution in [2.45, 2.75) is 32.1 Å². The molecule has 0 unspecified atom stereocenters. The number of amides is 2. The molecule has 3 aromatic rings. The topological polar surface area (TPSA) is 88.3 Å². The first-order valence-corrected chi connectivity index (χ1v) is 10.9. The minimum absolute atomic E-state index is 0.0566. The van der Waals surface area contributed by atoms with Crippen molar-refractivity contribution in [3.63, 3.8) is 0 Å². The Labute approximate surface area is 179 Å². The lowest BCUT2D eigenvalue weighted by Gasteiger charge is -2.30. The molecule has 1 aliphatic heterocycles. The van der Waals surface area contributed by atoms with E-state index in [1.165, 1.54) is 23.2 Å². The number of piperidine rings is 1. The Kier molecular flexibility index (Phi) is 6.23. The first kappa shape index (κ1) is 20.3. The van der Waals surface area contributed by atoms with Crippen molar-refractivity contribution in [3.8, 4) is 0 Å². The first-order chi connectivity index (χ1) is 14.6. The number of anilines is 1. The number of carbonyl (C=O) groups excluding carboxylic acids is 2. The average molecular weight is 425 g/mol. The zero-order valence-corrected chi connectivity index (χ0v) is 17.6. The van der Waals surface area contributed by atoms with Crippen LogP contribution in [0.3, 0.4) is 0 Å². The highest BCUT2D eigenvalue weighted by molar-refractivity contribution is 7.15. The lowest BCUT2D eigenvalue weighted by atomic mass is 9.96. The molecule has 8 heteroatoms. The quantitative estimate of drug-likeness (QED) is 0.647. The number of likely N-dealkylation sites (tertiary alicyclic amines) is 1. The minimum atomic E-state index is -0.138. The summed E-state index contributed by atoms with van der Waals surface area (Å²) in [5.41, 5.74) is 1.26. The third kappa shape index (κ3) is 4.76. The molecule has 30 heavy (non-hydrogen) atoms. The lowest BCUT2D eigenvalue weighted by Crippen LogP contribution is -2.41. The Hall–Kier alpha value is -3.00. The van der Waals surface area contributed by atoms with E-state index in [0.29, 0.717) is 42.7 Å². The zero-order valence-electron chi connectivity index (χ0n) is 16.8. The van der Waals surface area contributed by atoms with Gasteiger partial charge in [0.2, 0.25) is 11.0 Å². The molecule has 1 N–H and O–H groups in total. The molecule has 4 rings (SSSR count). The Morgan fingerprint density at radius 3 is 2.63 bits per heavy atom. The van der Waals surface area contributed by atoms with E-state index in [4.69, 9.17) is 4.42 Å². The Morgan fingerprint density at radius 1 is 1.17 bits per heavy atom. The van der Waals surface area contributed by atoms with Crippen LogP contribution in [0.2, 0.25) is 0 Å². The second-order valence-electron chi connectivity index (χ2n) is 7.55. The molecule has 2 aromatic heterocycles. The van der Waals surface area contributed by atoms with Gasteiger partial charge in [-0.15, -0.1) is 10.2 Å². The summed E-state index contributed by atoms with van der Waals surface area (Å²) in [6, 6.07) is 13.6. The van der Waals surface area contributed by atoms with Crippen LogP contribution < -0.4 is 5.32 Å². The SMILES string of the molecule is C[C@H](Cc1nnc(NC(=O)C2CCN(C(=O)c3ccco3)CC2)s1)c1ccccc1. The molecule has 2 amide bonds. The van der Waals surface area contributed by atoms with Crippen molar-refractivity contribution in [2.24, 2.45) is 5.92 Å². The van der Waals surface area contributed by atoms with Crippen molar-refractivity contribution >= 4 is 28.3 Å². The van der Waals surface area contributed by atoms with E-state index in [0.717, 1.165) is 11.4 Å². The Balaban J connectivity index is 1.27. The third-order valence-corrected chi connectivity index (χ3v) is 6.29. The second kappa shape index (κ2) is 9.21. The summed E-state index contributed by atoms with van der Waals surface area (Å²) < 4.78 is 5.18. The van der Waals surface area contributed by atoms with E-state index in [-0.39, 0.29) is 17.7 Å². The van der Waals surface area contributed by atoms with E-state index in [2.05, 4.69) is 34.6 Å². The van der Waals surface area contributed by atoms with Gasteiger partial charge in [0.25, 0.3) is 5.91 Å². The van der Waals surface area contributed by atoms with Gasteiger partial charge in [0.1, 0.15) is 5.01 Å². The van der Waals surface area contributed by atoms with E-state index in [9.17, 15) is 9.59 Å². The van der Waals surface area contributed by atoms with Crippen LogP contribution in [0.25, 0.3) is 0 Å². The number of rotatable bonds is 6. The number of hydrogen-bond donors (Lipinski definition) is 1. The summed E-state index contributed by atoms with van der Waals surface area (Å²) in [6.07, 6.45) is 3.51. The smallest absolute Gasteiger partial charge is 0.289 e. The van der Waals surface area contributed by atoms with Gasteiger partial charge in [-0.1, -0.05) is 48.6 Å². The van der Waals surface area contributed by atoms with Gasteiger partial charge in [0.05, 0.1) is 6.26 Å². The highest BCUT2D eigenvalue weighted by atomic mass is 32.1. The first-order valence-electron chi connectivity index (χ1n) is 10.1. The number of hydrogen-bond acceptors (Lipinski definition) is 6. The van der Waals surface area contributed by atoms with Crippen LogP contribution in [0.15, 0.2) is 53.1 Å². The number of nitrogens with zero attached hydrogens (tertiary/aromatic N) is 3. The van der Waals surface area contributed by atoms with Crippen LogP contribution in [0.5, 0.6) is 0 Å². The maximum absolute atomic E-state index is 12.6. The van der Waals surface area contributed by atoms with Crippen molar-refractivity contribution in [1.29, 1.82) is 0 Å². The number of benzene rings is 1. The van der Waals surface area contributed by atoms with Gasteiger partial charge in [-0.3, -0.25) is 9.59 Å². The van der Waals surface area contributed by atoms with Crippen molar-refractivity contribution in [2.75, 3.05) is 18.4 Å². The normalized spacial score (nSPS) is 15.7. The number of carbonyl (C=O) groups is 2. The minimum Gasteiger partial charge on any atom is -0.459 e. The molecule has 3 heterocycles. The van der Waals surface area contributed by atoms with Crippen LogP contribution in [-0.4, -0.2) is 40.0 Å². The van der Waals surface area contributed by atoms with E-state index in [1.807, 2.05) is 18.2 Å². The van der Waals surface area contributed by atoms with E-state index in [1.54, 1.807) is 17.0 Å². The molecule has 156 valence electrons. The van der Waals surface area contributed by atoms with Crippen LogP contribution in [0.1, 0.15) is 46.8 Å². The maximum atomic E-state index is 12.6. The summed E-state index contributed by atoms with van der Waals surface area (Å²) in [4.78, 5) is 26.7. The second-order valence-corrected chi connectivity index (χ2v) is 8.61. The molecule has 1 atom stereocenters. The predicted molar refractivity (Wildman–Crippen MR) is 114 cm³/mol. The molecule has 7 nitrogen and oxygen atoms in total. The summed E-state index contributed by atoms with van der Waals surface area (Å²) in [6.45, 7) is 3.23. The maximum Gasteiger partial charge on any atom is 0.289 e. The fraction of sp³-hybridized carbons (Fsp3) is 0.364. The van der Waals surface area contributed by atoms with Gasteiger partial charge >= 0.3 is 0 Å². The molecular formula is C22H24N4O3S. The molecule has 0 bridgehead atoms. The van der Waals surface area contributed by atoms with Crippen LogP contribution in [0.4, 0.5) is 5.13 Å². The lowest BCUT2D eigenvalue weighted by molar-refractivity contribution is -0.121. The van der Waals surface area contributed by atoms with Gasteiger partial charge in [-0.2, -0.15) is 0 Å². The summed E-state index contributed by atoms with van der Waals surface area (Å²) in [7, 11) is 0. The number of nitrogens with one attached hydrogen (secondary N) is 1. The predicted octanol–water partition coefficient (Wildman–Crippen LogP) is 3.97. The Bertz CT molecular complexity index is 979. The summed E-state index contributed by atoms with van der Waals surface area (Å²) in [5.74, 6) is 0.350. The van der Waals surface area contributed by atoms with Gasteiger partial charge in [0, 0.05) is 25.4 Å². The van der Waals surface area contributed by atoms with E-state index >= 15 is 0 Å². The molecular weight excluding hydrogens is 400 g/mol. The number of furan rings is 1. The van der Waals surface area contributed by atoms with Crippen LogP contribution in [-0.2, 0) is 11.2 Å². The fourth-order valence-electron chi connectivity index (χ4n) is 3.66. The highest BCUT2D eigenvalue weighted by Gasteiger charge is 2.29.